The SMILES string of the molecule is CCn1cnc2sc(C(=O)NCCNC(C)=O)c(C)c2c1=O. The molecule has 2 rings (SSSR count). The molecule has 0 unspecified atom stereocenters. The standard InChI is InChI=1S/C14H18N4O3S/c1-4-18-7-17-13-10(14(18)21)8(2)11(22-13)12(20)16-6-5-15-9(3)19/h7H,4-6H2,1-3H3,(H,15,19)(H,16,20). The van der Waals surface area contributed by atoms with E-state index in [0.717, 1.165) is 0 Å². The van der Waals surface area contributed by atoms with Gasteiger partial charge in [-0.15, -0.1) is 11.3 Å². The van der Waals surface area contributed by atoms with Crippen molar-refractivity contribution >= 4 is 33.4 Å². The molecule has 7 nitrogen and oxygen atoms in total. The predicted molar refractivity (Wildman–Crippen MR) is 85.3 cm³/mol. The van der Waals surface area contributed by atoms with Crippen LogP contribution in [0.25, 0.3) is 10.2 Å². The Balaban J connectivity index is 2.23. The fraction of sp³-hybridized carbons (Fsp3) is 0.429. The first kappa shape index (κ1) is 16.2. The third kappa shape index (κ3) is 3.16. The molecule has 0 atom stereocenters. The zero-order valence-corrected chi connectivity index (χ0v) is 13.5. The maximum Gasteiger partial charge on any atom is 0.262 e. The molecule has 0 saturated carbocycles. The number of carbonyl (C=O) groups excluding carboxylic acids is 2. The maximum absolute atomic E-state index is 12.3. The molecule has 0 saturated heterocycles. The van der Waals surface area contributed by atoms with Gasteiger partial charge in [0.05, 0.1) is 16.6 Å². The van der Waals surface area contributed by atoms with Crippen LogP contribution in [-0.2, 0) is 11.3 Å². The number of aromatic nitrogens is 2. The summed E-state index contributed by atoms with van der Waals surface area (Å²) in [6, 6.07) is 0. The third-order valence-corrected chi connectivity index (χ3v) is 4.45. The maximum atomic E-state index is 12.3. The van der Waals surface area contributed by atoms with E-state index < -0.39 is 0 Å². The molecular formula is C14H18N4O3S. The van der Waals surface area contributed by atoms with Crippen LogP contribution in [0.4, 0.5) is 0 Å². The molecule has 118 valence electrons. The zero-order valence-electron chi connectivity index (χ0n) is 12.7. The van der Waals surface area contributed by atoms with Crippen LogP contribution in [0.2, 0.25) is 0 Å². The van der Waals surface area contributed by atoms with Crippen molar-refractivity contribution in [2.24, 2.45) is 0 Å². The molecule has 0 aliphatic carbocycles. The summed E-state index contributed by atoms with van der Waals surface area (Å²) in [4.78, 5) is 40.6. The number of nitrogens with one attached hydrogen (secondary N) is 2. The number of fused-ring (bicyclic) bond motifs is 1. The highest BCUT2D eigenvalue weighted by Gasteiger charge is 2.18. The van der Waals surface area contributed by atoms with E-state index in [0.29, 0.717) is 40.3 Å². The summed E-state index contributed by atoms with van der Waals surface area (Å²) in [6.45, 7) is 6.28. The number of aryl methyl sites for hydroxylation is 2. The van der Waals surface area contributed by atoms with Crippen LogP contribution in [0.15, 0.2) is 11.1 Å². The van der Waals surface area contributed by atoms with Gasteiger partial charge in [-0.3, -0.25) is 19.0 Å². The molecule has 8 heteroatoms. The molecular weight excluding hydrogens is 304 g/mol. The van der Waals surface area contributed by atoms with E-state index in [2.05, 4.69) is 15.6 Å². The Hall–Kier alpha value is -2.22. The van der Waals surface area contributed by atoms with Crippen molar-refractivity contribution in [3.05, 3.63) is 27.1 Å². The molecule has 0 aromatic carbocycles. The number of carbonyl (C=O) groups is 2. The molecule has 0 bridgehead atoms. The number of nitrogens with zero attached hydrogens (tertiary/aromatic N) is 2. The average Bonchev–Trinajstić information content (AvgIpc) is 2.81. The summed E-state index contributed by atoms with van der Waals surface area (Å²) in [5.41, 5.74) is 0.524. The Morgan fingerprint density at radius 3 is 2.64 bits per heavy atom. The van der Waals surface area contributed by atoms with Gasteiger partial charge in [0.1, 0.15) is 4.83 Å². The number of amides is 2. The molecule has 22 heavy (non-hydrogen) atoms. The van der Waals surface area contributed by atoms with Crippen molar-refractivity contribution < 1.29 is 9.59 Å². The largest absolute Gasteiger partial charge is 0.355 e. The van der Waals surface area contributed by atoms with Gasteiger partial charge in [-0.05, 0) is 19.4 Å². The van der Waals surface area contributed by atoms with Gasteiger partial charge in [-0.1, -0.05) is 0 Å². The van der Waals surface area contributed by atoms with Crippen LogP contribution in [-0.4, -0.2) is 34.5 Å². The lowest BCUT2D eigenvalue weighted by atomic mass is 10.2. The highest BCUT2D eigenvalue weighted by atomic mass is 32.1. The van der Waals surface area contributed by atoms with Crippen LogP contribution < -0.4 is 16.2 Å². The van der Waals surface area contributed by atoms with Gasteiger partial charge in [0.25, 0.3) is 11.5 Å². The zero-order chi connectivity index (χ0) is 16.3. The van der Waals surface area contributed by atoms with Crippen LogP contribution in [0.5, 0.6) is 0 Å². The monoisotopic (exact) mass is 322 g/mol. The van der Waals surface area contributed by atoms with Gasteiger partial charge in [0, 0.05) is 26.6 Å². The summed E-state index contributed by atoms with van der Waals surface area (Å²) in [6.07, 6.45) is 1.50. The summed E-state index contributed by atoms with van der Waals surface area (Å²) in [5, 5.41) is 5.83. The Morgan fingerprint density at radius 2 is 2.00 bits per heavy atom. The molecule has 0 radical (unpaired) electrons. The second-order valence-corrected chi connectivity index (χ2v) is 5.81. The van der Waals surface area contributed by atoms with Crippen molar-refractivity contribution in [2.45, 2.75) is 27.3 Å². The van der Waals surface area contributed by atoms with Crippen molar-refractivity contribution in [2.75, 3.05) is 13.1 Å². The molecule has 0 spiro atoms. The highest BCUT2D eigenvalue weighted by Crippen LogP contribution is 2.26. The first-order valence-electron chi connectivity index (χ1n) is 6.96. The summed E-state index contributed by atoms with van der Waals surface area (Å²) in [5.74, 6) is -0.398. The van der Waals surface area contributed by atoms with Crippen LogP contribution >= 0.6 is 11.3 Å². The first-order valence-corrected chi connectivity index (χ1v) is 7.78. The van der Waals surface area contributed by atoms with E-state index >= 15 is 0 Å². The van der Waals surface area contributed by atoms with Crippen LogP contribution in [0.3, 0.4) is 0 Å². The number of rotatable bonds is 5. The quantitative estimate of drug-likeness (QED) is 0.791. The van der Waals surface area contributed by atoms with Crippen LogP contribution in [0.1, 0.15) is 29.1 Å². The molecule has 2 N–H and O–H groups in total. The lowest BCUT2D eigenvalue weighted by molar-refractivity contribution is -0.118. The molecule has 2 aromatic heterocycles. The smallest absolute Gasteiger partial charge is 0.262 e. The highest BCUT2D eigenvalue weighted by molar-refractivity contribution is 7.20. The van der Waals surface area contributed by atoms with E-state index in [1.54, 1.807) is 6.92 Å². The van der Waals surface area contributed by atoms with E-state index in [4.69, 9.17) is 0 Å². The fourth-order valence-electron chi connectivity index (χ4n) is 2.10. The van der Waals surface area contributed by atoms with Crippen molar-refractivity contribution in [3.63, 3.8) is 0 Å². The van der Waals surface area contributed by atoms with Gasteiger partial charge < -0.3 is 10.6 Å². The average molecular weight is 322 g/mol. The third-order valence-electron chi connectivity index (χ3n) is 3.25. The van der Waals surface area contributed by atoms with E-state index in [-0.39, 0.29) is 17.4 Å². The number of hydrogen-bond acceptors (Lipinski definition) is 5. The van der Waals surface area contributed by atoms with E-state index in [1.165, 1.54) is 29.2 Å². The van der Waals surface area contributed by atoms with Crippen LogP contribution in [0, 0.1) is 6.92 Å². The molecule has 0 aliphatic rings. The Morgan fingerprint density at radius 1 is 1.32 bits per heavy atom. The lowest BCUT2D eigenvalue weighted by Crippen LogP contribution is -2.33. The van der Waals surface area contributed by atoms with Crippen molar-refractivity contribution in [1.29, 1.82) is 0 Å². The summed E-state index contributed by atoms with van der Waals surface area (Å²) >= 11 is 1.21. The fourth-order valence-corrected chi connectivity index (χ4v) is 3.15. The topological polar surface area (TPSA) is 93.1 Å². The minimum atomic E-state index is -0.256. The minimum Gasteiger partial charge on any atom is -0.355 e. The van der Waals surface area contributed by atoms with Gasteiger partial charge >= 0.3 is 0 Å². The second kappa shape index (κ2) is 6.69. The molecule has 0 aliphatic heterocycles. The predicted octanol–water partition coefficient (Wildman–Crippen LogP) is 0.652. The summed E-state index contributed by atoms with van der Waals surface area (Å²) < 4.78 is 1.51. The normalized spacial score (nSPS) is 10.7. The van der Waals surface area contributed by atoms with Crippen molar-refractivity contribution in [1.82, 2.24) is 20.2 Å². The Labute approximate surface area is 131 Å². The molecule has 2 amide bonds. The van der Waals surface area contributed by atoms with E-state index in [9.17, 15) is 14.4 Å². The summed E-state index contributed by atoms with van der Waals surface area (Å²) in [7, 11) is 0. The minimum absolute atomic E-state index is 0.126. The molecule has 2 heterocycles. The molecule has 0 fully saturated rings. The lowest BCUT2D eigenvalue weighted by Gasteiger charge is -2.04. The number of hydrogen-bond donors (Lipinski definition) is 2. The Kier molecular flexibility index (Phi) is 4.92. The second-order valence-electron chi connectivity index (χ2n) is 4.81. The van der Waals surface area contributed by atoms with Gasteiger partial charge in [-0.2, -0.15) is 0 Å². The van der Waals surface area contributed by atoms with Gasteiger partial charge in [-0.25, -0.2) is 4.98 Å². The number of thiophene rings is 1. The molecule has 2 aromatic rings. The van der Waals surface area contributed by atoms with Gasteiger partial charge in [0.2, 0.25) is 5.91 Å². The van der Waals surface area contributed by atoms with Crippen molar-refractivity contribution in [3.8, 4) is 0 Å². The van der Waals surface area contributed by atoms with Gasteiger partial charge in [0.15, 0.2) is 0 Å². The van der Waals surface area contributed by atoms with E-state index in [1.807, 2.05) is 6.92 Å². The Bertz CT molecular complexity index is 778. The first-order chi connectivity index (χ1) is 10.5.